The number of aromatic hydroxyl groups is 1. The summed E-state index contributed by atoms with van der Waals surface area (Å²) in [5.41, 5.74) is 3.04. The third-order valence-electron chi connectivity index (χ3n) is 7.11. The Labute approximate surface area is 148 Å². The first kappa shape index (κ1) is 16.7. The topological polar surface area (TPSA) is 88.1 Å². The van der Waals surface area contributed by atoms with Crippen LogP contribution in [0.15, 0.2) is 17.2 Å². The SMILES string of the molecule is CCOc1cc2c(cc1O)/C(=N/N)C[C@@H]1[C@@H]2CC[C@]2(C)[C@@H](O)CC[C@@H]12. The molecule has 0 spiro atoms. The maximum absolute atomic E-state index is 10.5. The van der Waals surface area contributed by atoms with Gasteiger partial charge in [-0.25, -0.2) is 0 Å². The Morgan fingerprint density at radius 1 is 1.32 bits per heavy atom. The Morgan fingerprint density at radius 3 is 2.84 bits per heavy atom. The van der Waals surface area contributed by atoms with Crippen molar-refractivity contribution in [1.29, 1.82) is 0 Å². The molecule has 5 nitrogen and oxygen atoms in total. The molecule has 0 aromatic heterocycles. The molecular formula is C20H28N2O3. The summed E-state index contributed by atoms with van der Waals surface area (Å²) < 4.78 is 5.61. The number of fused-ring (bicyclic) bond motifs is 5. The van der Waals surface area contributed by atoms with Gasteiger partial charge in [0, 0.05) is 5.56 Å². The van der Waals surface area contributed by atoms with E-state index in [1.54, 1.807) is 6.07 Å². The summed E-state index contributed by atoms with van der Waals surface area (Å²) >= 11 is 0. The van der Waals surface area contributed by atoms with Crippen LogP contribution in [0.2, 0.25) is 0 Å². The standard InChI is InChI=1S/C20H28N2O3/c1-3-25-18-10-12-11-6-7-20(2)15(4-5-19(20)24)13(11)8-16(22-21)14(12)9-17(18)23/h9-11,13,15,19,23-24H,3-8,21H2,1-2H3/b22-16+/t11-,13-,15+,19+,20+/m1/s1. The van der Waals surface area contributed by atoms with Crippen LogP contribution in [0.3, 0.4) is 0 Å². The van der Waals surface area contributed by atoms with Crippen molar-refractivity contribution in [3.05, 3.63) is 23.3 Å². The minimum atomic E-state index is -0.197. The van der Waals surface area contributed by atoms with Gasteiger partial charge in [-0.15, -0.1) is 0 Å². The van der Waals surface area contributed by atoms with Crippen LogP contribution in [0, 0.1) is 17.3 Å². The van der Waals surface area contributed by atoms with Crippen molar-refractivity contribution < 1.29 is 14.9 Å². The molecule has 3 aliphatic rings. The molecule has 3 aliphatic carbocycles. The Bertz CT molecular complexity index is 717. The smallest absolute Gasteiger partial charge is 0.161 e. The second kappa shape index (κ2) is 5.90. The lowest BCUT2D eigenvalue weighted by Gasteiger charge is -2.50. The number of phenols is 1. The molecule has 136 valence electrons. The van der Waals surface area contributed by atoms with Crippen molar-refractivity contribution in [1.82, 2.24) is 0 Å². The van der Waals surface area contributed by atoms with E-state index < -0.39 is 0 Å². The highest BCUT2D eigenvalue weighted by atomic mass is 16.5. The van der Waals surface area contributed by atoms with Gasteiger partial charge >= 0.3 is 0 Å². The van der Waals surface area contributed by atoms with E-state index in [1.165, 1.54) is 5.56 Å². The predicted molar refractivity (Wildman–Crippen MR) is 96.9 cm³/mol. The number of nitrogens with zero attached hydrogens (tertiary/aromatic N) is 1. The van der Waals surface area contributed by atoms with Crippen molar-refractivity contribution in [3.63, 3.8) is 0 Å². The predicted octanol–water partition coefficient (Wildman–Crippen LogP) is 3.13. The Balaban J connectivity index is 1.79. The van der Waals surface area contributed by atoms with Gasteiger partial charge in [-0.05, 0) is 79.9 Å². The van der Waals surface area contributed by atoms with Crippen molar-refractivity contribution in [2.75, 3.05) is 6.61 Å². The second-order valence-electron chi connectivity index (χ2n) is 8.13. The summed E-state index contributed by atoms with van der Waals surface area (Å²) in [7, 11) is 0. The maximum atomic E-state index is 10.5. The van der Waals surface area contributed by atoms with E-state index in [9.17, 15) is 10.2 Å². The molecule has 2 fully saturated rings. The average molecular weight is 344 g/mol. The van der Waals surface area contributed by atoms with Gasteiger partial charge in [0.2, 0.25) is 0 Å². The van der Waals surface area contributed by atoms with E-state index in [4.69, 9.17) is 10.6 Å². The van der Waals surface area contributed by atoms with E-state index in [-0.39, 0.29) is 17.3 Å². The molecule has 5 heteroatoms. The summed E-state index contributed by atoms with van der Waals surface area (Å²) in [6.07, 6.45) is 4.69. The Kier molecular flexibility index (Phi) is 3.95. The lowest BCUT2D eigenvalue weighted by molar-refractivity contribution is -0.0177. The van der Waals surface area contributed by atoms with Gasteiger partial charge in [0.15, 0.2) is 11.5 Å². The molecule has 1 aromatic rings. The van der Waals surface area contributed by atoms with Crippen molar-refractivity contribution >= 4 is 5.71 Å². The zero-order valence-corrected chi connectivity index (χ0v) is 15.0. The number of phenolic OH excluding ortho intramolecular Hbond substituents is 1. The molecule has 0 saturated heterocycles. The molecule has 0 amide bonds. The van der Waals surface area contributed by atoms with Crippen molar-refractivity contribution in [2.24, 2.45) is 28.2 Å². The van der Waals surface area contributed by atoms with Crippen LogP contribution in [0.5, 0.6) is 11.5 Å². The number of hydrogen-bond acceptors (Lipinski definition) is 5. The van der Waals surface area contributed by atoms with Crippen molar-refractivity contribution in [2.45, 2.75) is 58.0 Å². The highest BCUT2D eigenvalue weighted by Crippen LogP contribution is 2.61. The normalized spacial score (nSPS) is 38.1. The van der Waals surface area contributed by atoms with E-state index in [0.29, 0.717) is 30.1 Å². The molecule has 4 rings (SSSR count). The molecule has 0 radical (unpaired) electrons. The molecule has 0 bridgehead atoms. The minimum Gasteiger partial charge on any atom is -0.504 e. The molecule has 0 aliphatic heterocycles. The minimum absolute atomic E-state index is 0.0120. The van der Waals surface area contributed by atoms with Crippen LogP contribution >= 0.6 is 0 Å². The highest BCUT2D eigenvalue weighted by Gasteiger charge is 2.55. The third kappa shape index (κ3) is 2.35. The first-order valence-electron chi connectivity index (χ1n) is 9.44. The van der Waals surface area contributed by atoms with Gasteiger partial charge < -0.3 is 20.8 Å². The summed E-state index contributed by atoms with van der Waals surface area (Å²) in [5, 5.41) is 24.9. The van der Waals surface area contributed by atoms with E-state index in [2.05, 4.69) is 12.0 Å². The summed E-state index contributed by atoms with van der Waals surface area (Å²) in [6, 6.07) is 3.75. The average Bonchev–Trinajstić information content (AvgIpc) is 2.90. The number of aliphatic hydroxyl groups excluding tert-OH is 1. The summed E-state index contributed by atoms with van der Waals surface area (Å²) in [5.74, 6) is 7.76. The molecular weight excluding hydrogens is 316 g/mol. The fraction of sp³-hybridized carbons (Fsp3) is 0.650. The monoisotopic (exact) mass is 344 g/mol. The van der Waals surface area contributed by atoms with Crippen LogP contribution in [0.4, 0.5) is 0 Å². The van der Waals surface area contributed by atoms with Crippen LogP contribution in [0.1, 0.15) is 63.0 Å². The Hall–Kier alpha value is -1.75. The molecule has 0 unspecified atom stereocenters. The number of rotatable bonds is 2. The quantitative estimate of drug-likeness (QED) is 0.568. The zero-order valence-electron chi connectivity index (χ0n) is 15.0. The Morgan fingerprint density at radius 2 is 2.12 bits per heavy atom. The van der Waals surface area contributed by atoms with Gasteiger partial charge in [-0.3, -0.25) is 0 Å². The number of ether oxygens (including phenoxy) is 1. The molecule has 0 heterocycles. The lowest BCUT2D eigenvalue weighted by Crippen LogP contribution is -2.45. The fourth-order valence-electron chi connectivity index (χ4n) is 5.80. The fourth-order valence-corrected chi connectivity index (χ4v) is 5.80. The van der Waals surface area contributed by atoms with Crippen LogP contribution < -0.4 is 10.6 Å². The molecule has 5 atom stereocenters. The van der Waals surface area contributed by atoms with Gasteiger partial charge in [-0.2, -0.15) is 5.10 Å². The first-order valence-corrected chi connectivity index (χ1v) is 9.44. The van der Waals surface area contributed by atoms with E-state index in [0.717, 1.165) is 43.4 Å². The number of hydrazone groups is 1. The van der Waals surface area contributed by atoms with Gasteiger partial charge in [0.05, 0.1) is 18.4 Å². The van der Waals surface area contributed by atoms with E-state index in [1.807, 2.05) is 13.0 Å². The van der Waals surface area contributed by atoms with Gasteiger partial charge in [-0.1, -0.05) is 6.92 Å². The maximum Gasteiger partial charge on any atom is 0.161 e. The molecule has 25 heavy (non-hydrogen) atoms. The molecule has 4 N–H and O–H groups in total. The zero-order chi connectivity index (χ0) is 17.8. The van der Waals surface area contributed by atoms with Gasteiger partial charge in [0.25, 0.3) is 0 Å². The van der Waals surface area contributed by atoms with Crippen LogP contribution in [-0.4, -0.2) is 28.6 Å². The van der Waals surface area contributed by atoms with Crippen molar-refractivity contribution in [3.8, 4) is 11.5 Å². The largest absolute Gasteiger partial charge is 0.504 e. The third-order valence-corrected chi connectivity index (χ3v) is 7.11. The van der Waals surface area contributed by atoms with Gasteiger partial charge in [0.1, 0.15) is 0 Å². The number of hydrogen-bond donors (Lipinski definition) is 3. The first-order chi connectivity index (χ1) is 12.0. The van der Waals surface area contributed by atoms with Crippen LogP contribution in [-0.2, 0) is 0 Å². The lowest BCUT2D eigenvalue weighted by atomic mass is 9.55. The molecule has 2 saturated carbocycles. The number of nitrogens with two attached hydrogens (primary N) is 1. The number of benzene rings is 1. The second-order valence-corrected chi connectivity index (χ2v) is 8.13. The molecule has 1 aromatic carbocycles. The highest BCUT2D eigenvalue weighted by molar-refractivity contribution is 6.03. The number of aliphatic hydroxyl groups is 1. The van der Waals surface area contributed by atoms with Crippen LogP contribution in [0.25, 0.3) is 0 Å². The summed E-state index contributed by atoms with van der Waals surface area (Å²) in [6.45, 7) is 4.69. The summed E-state index contributed by atoms with van der Waals surface area (Å²) in [4.78, 5) is 0. The van der Waals surface area contributed by atoms with E-state index >= 15 is 0 Å².